The van der Waals surface area contributed by atoms with Crippen LogP contribution in [0.25, 0.3) is 33.9 Å². The van der Waals surface area contributed by atoms with Gasteiger partial charge < -0.3 is 18.9 Å². The molecule has 174 valence electrons. The molecular formula is C26H18BrN3O5. The predicted octanol–water partition coefficient (Wildman–Crippen LogP) is 6.10. The quantitative estimate of drug-likeness (QED) is 0.264. The smallest absolute Gasteiger partial charge is 0.338 e. The molecule has 0 spiro atoms. The lowest BCUT2D eigenvalue weighted by molar-refractivity contribution is -0.123. The van der Waals surface area contributed by atoms with Crippen molar-refractivity contribution in [2.75, 3.05) is 5.32 Å². The lowest BCUT2D eigenvalue weighted by atomic mass is 10.1. The number of furan rings is 2. The number of fused-ring (bicyclic) bond motifs is 1. The summed E-state index contributed by atoms with van der Waals surface area (Å²) in [5, 5.41) is 2.72. The molecule has 1 atom stereocenters. The fourth-order valence-electron chi connectivity index (χ4n) is 3.41. The standard InChI is InChI=1S/C26H18BrN3O5/c1-15(25(31)28-18-9-7-17(27)8-10-18)35-26(32)16-6-11-19-20(14-16)30-24(22-5-3-13-34-22)23(29-19)21-4-2-12-33-21/h2-15H,1H3,(H,28,31). The van der Waals surface area contributed by atoms with Crippen LogP contribution in [0.5, 0.6) is 0 Å². The third-order valence-electron chi connectivity index (χ3n) is 5.17. The highest BCUT2D eigenvalue weighted by atomic mass is 79.9. The van der Waals surface area contributed by atoms with Crippen LogP contribution < -0.4 is 5.32 Å². The number of ether oxygens (including phenoxy) is 1. The molecule has 0 aliphatic carbocycles. The van der Waals surface area contributed by atoms with Crippen molar-refractivity contribution < 1.29 is 23.2 Å². The van der Waals surface area contributed by atoms with Crippen LogP contribution in [0.3, 0.4) is 0 Å². The number of nitrogens with zero attached hydrogens (tertiary/aromatic N) is 2. The van der Waals surface area contributed by atoms with Gasteiger partial charge in [0, 0.05) is 10.2 Å². The van der Waals surface area contributed by atoms with Gasteiger partial charge in [0.25, 0.3) is 5.91 Å². The number of aromatic nitrogens is 2. The highest BCUT2D eigenvalue weighted by Crippen LogP contribution is 2.31. The normalized spacial score (nSPS) is 11.8. The zero-order valence-electron chi connectivity index (χ0n) is 18.4. The van der Waals surface area contributed by atoms with Crippen LogP contribution in [0.4, 0.5) is 5.69 Å². The van der Waals surface area contributed by atoms with Gasteiger partial charge in [-0.05, 0) is 73.7 Å². The zero-order valence-corrected chi connectivity index (χ0v) is 20.0. The van der Waals surface area contributed by atoms with E-state index in [-0.39, 0.29) is 5.56 Å². The van der Waals surface area contributed by atoms with Gasteiger partial charge in [-0.2, -0.15) is 0 Å². The van der Waals surface area contributed by atoms with E-state index in [1.165, 1.54) is 6.92 Å². The van der Waals surface area contributed by atoms with E-state index in [0.29, 0.717) is 39.6 Å². The van der Waals surface area contributed by atoms with Gasteiger partial charge in [-0.25, -0.2) is 14.8 Å². The number of esters is 1. The number of rotatable bonds is 6. The first kappa shape index (κ1) is 22.5. The number of carbonyl (C=O) groups excluding carboxylic acids is 2. The molecule has 5 aromatic rings. The maximum absolute atomic E-state index is 12.8. The van der Waals surface area contributed by atoms with Crippen LogP contribution in [0.1, 0.15) is 17.3 Å². The Bertz CT molecular complexity index is 1500. The van der Waals surface area contributed by atoms with Crippen molar-refractivity contribution >= 4 is 44.5 Å². The average Bonchev–Trinajstić information content (AvgIpc) is 3.59. The molecule has 0 fully saturated rings. The number of hydrogen-bond acceptors (Lipinski definition) is 7. The maximum atomic E-state index is 12.8. The van der Waals surface area contributed by atoms with Gasteiger partial charge in [-0.1, -0.05) is 15.9 Å². The number of nitrogens with one attached hydrogen (secondary N) is 1. The number of benzene rings is 2. The van der Waals surface area contributed by atoms with Crippen molar-refractivity contribution in [2.24, 2.45) is 0 Å². The van der Waals surface area contributed by atoms with E-state index in [1.807, 2.05) is 0 Å². The van der Waals surface area contributed by atoms with E-state index in [4.69, 9.17) is 13.6 Å². The minimum atomic E-state index is -1.01. The number of carbonyl (C=O) groups is 2. The summed E-state index contributed by atoms with van der Waals surface area (Å²) >= 11 is 3.34. The van der Waals surface area contributed by atoms with E-state index >= 15 is 0 Å². The van der Waals surface area contributed by atoms with E-state index in [2.05, 4.69) is 31.2 Å². The Labute approximate surface area is 208 Å². The van der Waals surface area contributed by atoms with Crippen molar-refractivity contribution in [1.82, 2.24) is 9.97 Å². The Morgan fingerprint density at radius 3 is 2.11 bits per heavy atom. The first-order valence-electron chi connectivity index (χ1n) is 10.6. The number of anilines is 1. The molecule has 8 nitrogen and oxygen atoms in total. The molecule has 3 heterocycles. The molecule has 0 aliphatic heterocycles. The van der Waals surface area contributed by atoms with Crippen LogP contribution in [0.15, 0.2) is 92.6 Å². The fraction of sp³-hybridized carbons (Fsp3) is 0.0769. The maximum Gasteiger partial charge on any atom is 0.338 e. The second-order valence-electron chi connectivity index (χ2n) is 7.62. The Morgan fingerprint density at radius 2 is 1.51 bits per heavy atom. The van der Waals surface area contributed by atoms with Crippen molar-refractivity contribution in [3.8, 4) is 22.9 Å². The summed E-state index contributed by atoms with van der Waals surface area (Å²) in [6.45, 7) is 1.51. The molecule has 0 radical (unpaired) electrons. The largest absolute Gasteiger partial charge is 0.463 e. The second-order valence-corrected chi connectivity index (χ2v) is 8.54. The summed E-state index contributed by atoms with van der Waals surface area (Å²) in [7, 11) is 0. The molecule has 1 N–H and O–H groups in total. The summed E-state index contributed by atoms with van der Waals surface area (Å²) in [5.74, 6) is -0.0387. The van der Waals surface area contributed by atoms with Gasteiger partial charge in [0.1, 0.15) is 11.4 Å². The van der Waals surface area contributed by atoms with Crippen molar-refractivity contribution in [3.63, 3.8) is 0 Å². The monoisotopic (exact) mass is 531 g/mol. The van der Waals surface area contributed by atoms with Gasteiger partial charge in [0.15, 0.2) is 17.6 Å². The molecule has 0 aliphatic rings. The first-order chi connectivity index (χ1) is 17.0. The van der Waals surface area contributed by atoms with Crippen LogP contribution in [-0.2, 0) is 9.53 Å². The third kappa shape index (κ3) is 4.85. The highest BCUT2D eigenvalue weighted by Gasteiger charge is 2.21. The molecule has 0 saturated heterocycles. The molecular weight excluding hydrogens is 514 g/mol. The minimum Gasteiger partial charge on any atom is -0.463 e. The number of hydrogen-bond donors (Lipinski definition) is 1. The minimum absolute atomic E-state index is 0.242. The molecule has 35 heavy (non-hydrogen) atoms. The average molecular weight is 532 g/mol. The van der Waals surface area contributed by atoms with Gasteiger partial charge >= 0.3 is 5.97 Å². The van der Waals surface area contributed by atoms with Crippen molar-refractivity contribution in [1.29, 1.82) is 0 Å². The van der Waals surface area contributed by atoms with E-state index in [9.17, 15) is 9.59 Å². The molecule has 9 heteroatoms. The van der Waals surface area contributed by atoms with Gasteiger partial charge in [-0.3, -0.25) is 4.79 Å². The van der Waals surface area contributed by atoms with Gasteiger partial charge in [-0.15, -0.1) is 0 Å². The molecule has 0 saturated carbocycles. The van der Waals surface area contributed by atoms with Crippen molar-refractivity contribution in [2.45, 2.75) is 13.0 Å². The molecule has 0 bridgehead atoms. The van der Waals surface area contributed by atoms with E-state index in [0.717, 1.165) is 4.47 Å². The summed E-state index contributed by atoms with van der Waals surface area (Å²) in [5.41, 5.74) is 2.86. The number of amides is 1. The number of halogens is 1. The molecule has 2 aromatic carbocycles. The van der Waals surface area contributed by atoms with Crippen molar-refractivity contribution in [3.05, 3.63) is 89.3 Å². The molecule has 5 rings (SSSR count). The third-order valence-corrected chi connectivity index (χ3v) is 5.70. The van der Waals surface area contributed by atoms with Crippen LogP contribution in [-0.4, -0.2) is 27.9 Å². The van der Waals surface area contributed by atoms with E-state index in [1.54, 1.807) is 79.3 Å². The van der Waals surface area contributed by atoms with Gasteiger partial charge in [0.05, 0.1) is 29.1 Å². The molecule has 3 aromatic heterocycles. The molecule has 1 amide bonds. The van der Waals surface area contributed by atoms with Gasteiger partial charge in [0.2, 0.25) is 0 Å². The Kier molecular flexibility index (Phi) is 6.15. The van der Waals surface area contributed by atoms with Crippen LogP contribution >= 0.6 is 15.9 Å². The topological polar surface area (TPSA) is 107 Å². The lowest BCUT2D eigenvalue weighted by Crippen LogP contribution is -2.30. The Hall–Kier alpha value is -4.24. The van der Waals surface area contributed by atoms with E-state index < -0.39 is 18.0 Å². The molecule has 1 unspecified atom stereocenters. The predicted molar refractivity (Wildman–Crippen MR) is 133 cm³/mol. The fourth-order valence-corrected chi connectivity index (χ4v) is 3.68. The second kappa shape index (κ2) is 9.55. The first-order valence-corrected chi connectivity index (χ1v) is 11.4. The Balaban J connectivity index is 1.39. The van der Waals surface area contributed by atoms with Crippen LogP contribution in [0.2, 0.25) is 0 Å². The summed E-state index contributed by atoms with van der Waals surface area (Å²) in [6.07, 6.45) is 2.09. The zero-order chi connectivity index (χ0) is 24.4. The summed E-state index contributed by atoms with van der Waals surface area (Å²) in [6, 6.07) is 19.0. The summed E-state index contributed by atoms with van der Waals surface area (Å²) < 4.78 is 17.3. The highest BCUT2D eigenvalue weighted by molar-refractivity contribution is 9.10. The SMILES string of the molecule is CC(OC(=O)c1ccc2nc(-c3ccco3)c(-c3ccco3)nc2c1)C(=O)Nc1ccc(Br)cc1. The van der Waals surface area contributed by atoms with Crippen LogP contribution in [0, 0.1) is 0 Å². The lowest BCUT2D eigenvalue weighted by Gasteiger charge is -2.14. The summed E-state index contributed by atoms with van der Waals surface area (Å²) in [4.78, 5) is 34.6. The Morgan fingerprint density at radius 1 is 0.886 bits per heavy atom.